The van der Waals surface area contributed by atoms with Crippen molar-refractivity contribution in [3.63, 3.8) is 0 Å². The van der Waals surface area contributed by atoms with Gasteiger partial charge in [-0.1, -0.05) is 0 Å². The molecule has 1 atom stereocenters. The van der Waals surface area contributed by atoms with Crippen LogP contribution in [0.15, 0.2) is 18.3 Å². The van der Waals surface area contributed by atoms with Crippen LogP contribution in [0, 0.1) is 0 Å². The minimum atomic E-state index is -0.568. The first-order chi connectivity index (χ1) is 11.1. The van der Waals surface area contributed by atoms with E-state index < -0.39 is 12.0 Å². The largest absolute Gasteiger partial charge is 0.378 e. The van der Waals surface area contributed by atoms with Gasteiger partial charge in [0, 0.05) is 31.5 Å². The number of rotatable bonds is 3. The average Bonchev–Trinajstić information content (AvgIpc) is 2.62. The van der Waals surface area contributed by atoms with Gasteiger partial charge in [0.15, 0.2) is 6.10 Å². The van der Waals surface area contributed by atoms with Crippen LogP contribution in [0.25, 0.3) is 0 Å². The van der Waals surface area contributed by atoms with E-state index >= 15 is 0 Å². The van der Waals surface area contributed by atoms with E-state index in [1.54, 1.807) is 23.2 Å². The van der Waals surface area contributed by atoms with Crippen molar-refractivity contribution in [3.05, 3.63) is 24.0 Å². The fraction of sp³-hybridized carbons (Fsp3) is 0.533. The predicted octanol–water partition coefficient (Wildman–Crippen LogP) is -0.755. The summed E-state index contributed by atoms with van der Waals surface area (Å²) in [5, 5.41) is 0. The molecule has 0 bridgehead atoms. The van der Waals surface area contributed by atoms with E-state index in [2.05, 4.69) is 4.98 Å². The molecule has 124 valence electrons. The van der Waals surface area contributed by atoms with Gasteiger partial charge in [-0.2, -0.15) is 0 Å². The summed E-state index contributed by atoms with van der Waals surface area (Å²) in [5.74, 6) is -0.580. The zero-order chi connectivity index (χ0) is 16.2. The third kappa shape index (κ3) is 3.59. The molecule has 2 N–H and O–H groups in total. The smallest absolute Gasteiger partial charge is 0.267 e. The van der Waals surface area contributed by atoms with Gasteiger partial charge in [0.25, 0.3) is 11.8 Å². The second kappa shape index (κ2) is 6.93. The highest BCUT2D eigenvalue weighted by atomic mass is 16.5. The number of ether oxygens (including phenoxy) is 2. The minimum absolute atomic E-state index is 0.0119. The van der Waals surface area contributed by atoms with Crippen LogP contribution in [0.4, 0.5) is 5.69 Å². The Morgan fingerprint density at radius 1 is 1.22 bits per heavy atom. The Morgan fingerprint density at radius 3 is 2.74 bits per heavy atom. The van der Waals surface area contributed by atoms with E-state index in [0.29, 0.717) is 46.0 Å². The van der Waals surface area contributed by atoms with Crippen LogP contribution in [0.1, 0.15) is 10.5 Å². The summed E-state index contributed by atoms with van der Waals surface area (Å²) in [7, 11) is 0. The van der Waals surface area contributed by atoms with Gasteiger partial charge in [-0.25, -0.2) is 0 Å². The van der Waals surface area contributed by atoms with E-state index in [0.717, 1.165) is 5.69 Å². The zero-order valence-electron chi connectivity index (χ0n) is 12.8. The molecule has 2 fully saturated rings. The number of hydrogen-bond donors (Lipinski definition) is 1. The normalized spacial score (nSPS) is 22.0. The first kappa shape index (κ1) is 15.7. The van der Waals surface area contributed by atoms with Gasteiger partial charge in [-0.05, 0) is 12.1 Å². The van der Waals surface area contributed by atoms with Crippen LogP contribution in [-0.4, -0.2) is 73.8 Å². The van der Waals surface area contributed by atoms with Crippen molar-refractivity contribution < 1.29 is 19.1 Å². The first-order valence-corrected chi connectivity index (χ1v) is 7.64. The van der Waals surface area contributed by atoms with Crippen LogP contribution >= 0.6 is 0 Å². The highest BCUT2D eigenvalue weighted by Crippen LogP contribution is 2.19. The Kier molecular flexibility index (Phi) is 4.73. The molecule has 2 aliphatic rings. The molecule has 1 aromatic rings. The van der Waals surface area contributed by atoms with Gasteiger partial charge in [-0.3, -0.25) is 14.6 Å². The number of primary amides is 1. The number of pyridine rings is 1. The van der Waals surface area contributed by atoms with Gasteiger partial charge < -0.3 is 25.0 Å². The van der Waals surface area contributed by atoms with Crippen LogP contribution in [0.3, 0.4) is 0 Å². The Balaban J connectivity index is 1.69. The molecular formula is C15H20N4O4. The third-order valence-electron chi connectivity index (χ3n) is 4.03. The number of morpholine rings is 2. The van der Waals surface area contributed by atoms with E-state index in [-0.39, 0.29) is 11.6 Å². The summed E-state index contributed by atoms with van der Waals surface area (Å²) in [4.78, 5) is 31.5. The van der Waals surface area contributed by atoms with Gasteiger partial charge in [0.1, 0.15) is 5.69 Å². The lowest BCUT2D eigenvalue weighted by molar-refractivity contribution is -0.148. The lowest BCUT2D eigenvalue weighted by Gasteiger charge is -2.37. The van der Waals surface area contributed by atoms with Crippen molar-refractivity contribution in [2.45, 2.75) is 6.10 Å². The number of nitrogens with zero attached hydrogens (tertiary/aromatic N) is 3. The van der Waals surface area contributed by atoms with Crippen molar-refractivity contribution in [1.82, 2.24) is 9.88 Å². The molecule has 23 heavy (non-hydrogen) atoms. The topological polar surface area (TPSA) is 98.0 Å². The second-order valence-electron chi connectivity index (χ2n) is 5.51. The summed E-state index contributed by atoms with van der Waals surface area (Å²) in [6.45, 7) is 3.87. The minimum Gasteiger partial charge on any atom is -0.378 e. The highest BCUT2D eigenvalue weighted by molar-refractivity contribution is 5.91. The maximum Gasteiger partial charge on any atom is 0.267 e. The number of amides is 2. The van der Waals surface area contributed by atoms with Crippen molar-refractivity contribution in [2.24, 2.45) is 5.73 Å². The molecule has 2 amide bonds. The quantitative estimate of drug-likeness (QED) is 0.786. The summed E-state index contributed by atoms with van der Waals surface area (Å²) in [6, 6.07) is 3.44. The van der Waals surface area contributed by atoms with Crippen LogP contribution in [0.2, 0.25) is 0 Å². The summed E-state index contributed by atoms with van der Waals surface area (Å²) in [5.41, 5.74) is 6.30. The number of carbonyl (C=O) groups is 2. The van der Waals surface area contributed by atoms with Gasteiger partial charge >= 0.3 is 0 Å². The lowest BCUT2D eigenvalue weighted by atomic mass is 10.2. The molecule has 0 radical (unpaired) electrons. The summed E-state index contributed by atoms with van der Waals surface area (Å²) >= 11 is 0. The lowest BCUT2D eigenvalue weighted by Crippen LogP contribution is -2.53. The van der Waals surface area contributed by atoms with E-state index in [9.17, 15) is 9.59 Å². The molecule has 0 aliphatic carbocycles. The fourth-order valence-electron chi connectivity index (χ4n) is 2.77. The molecule has 2 aliphatic heterocycles. The van der Waals surface area contributed by atoms with Crippen molar-refractivity contribution >= 4 is 17.5 Å². The molecule has 3 rings (SSSR count). The molecule has 0 saturated carbocycles. The Bertz CT molecular complexity index is 589. The molecule has 3 heterocycles. The Morgan fingerprint density at radius 2 is 2.00 bits per heavy atom. The number of nitrogens with two attached hydrogens (primary N) is 1. The highest BCUT2D eigenvalue weighted by Gasteiger charge is 2.31. The Hall–Kier alpha value is -2.19. The molecule has 0 aromatic carbocycles. The SMILES string of the molecule is NC(=O)c1cc(N2CCOC(C(=O)N3CCOCC3)C2)ccn1. The molecule has 8 nitrogen and oxygen atoms in total. The maximum atomic E-state index is 12.5. The average molecular weight is 320 g/mol. The molecule has 0 spiro atoms. The number of anilines is 1. The predicted molar refractivity (Wildman–Crippen MR) is 82.1 cm³/mol. The standard InChI is InChI=1S/C15H20N4O4/c16-14(20)12-9-11(1-2-17-12)19-5-8-23-13(10-19)15(21)18-3-6-22-7-4-18/h1-2,9,13H,3-8,10H2,(H2,16,20). The monoisotopic (exact) mass is 320 g/mol. The third-order valence-corrected chi connectivity index (χ3v) is 4.03. The van der Waals surface area contributed by atoms with Crippen molar-refractivity contribution in [3.8, 4) is 0 Å². The number of aromatic nitrogens is 1. The van der Waals surface area contributed by atoms with Crippen molar-refractivity contribution in [2.75, 3.05) is 50.9 Å². The zero-order valence-corrected chi connectivity index (χ0v) is 12.8. The molecule has 1 unspecified atom stereocenters. The van der Waals surface area contributed by atoms with Crippen molar-refractivity contribution in [1.29, 1.82) is 0 Å². The number of hydrogen-bond acceptors (Lipinski definition) is 6. The van der Waals surface area contributed by atoms with E-state index in [4.69, 9.17) is 15.2 Å². The molecular weight excluding hydrogens is 300 g/mol. The van der Waals surface area contributed by atoms with Gasteiger partial charge in [-0.15, -0.1) is 0 Å². The molecule has 1 aromatic heterocycles. The van der Waals surface area contributed by atoms with E-state index in [1.807, 2.05) is 4.90 Å². The molecule has 2 saturated heterocycles. The number of carbonyl (C=O) groups excluding carboxylic acids is 2. The maximum absolute atomic E-state index is 12.5. The van der Waals surface area contributed by atoms with Crippen LogP contribution in [0.5, 0.6) is 0 Å². The molecule has 8 heteroatoms. The summed E-state index contributed by atoms with van der Waals surface area (Å²) in [6.07, 6.45) is 1.04. The fourth-order valence-corrected chi connectivity index (χ4v) is 2.77. The second-order valence-corrected chi connectivity index (χ2v) is 5.51. The van der Waals surface area contributed by atoms with Gasteiger partial charge in [0.2, 0.25) is 0 Å². The summed E-state index contributed by atoms with van der Waals surface area (Å²) < 4.78 is 10.9. The van der Waals surface area contributed by atoms with Crippen LogP contribution in [-0.2, 0) is 14.3 Å². The van der Waals surface area contributed by atoms with Crippen LogP contribution < -0.4 is 10.6 Å². The van der Waals surface area contributed by atoms with E-state index in [1.165, 1.54) is 0 Å². The first-order valence-electron chi connectivity index (χ1n) is 7.64. The Labute approximate surface area is 134 Å². The van der Waals surface area contributed by atoms with Gasteiger partial charge in [0.05, 0.1) is 26.4 Å².